The van der Waals surface area contributed by atoms with Crippen molar-refractivity contribution >= 4 is 47.1 Å². The van der Waals surface area contributed by atoms with E-state index in [1.165, 1.54) is 23.4 Å². The fourth-order valence-electron chi connectivity index (χ4n) is 9.32. The molecule has 2 unspecified atom stereocenters. The van der Waals surface area contributed by atoms with Crippen LogP contribution in [0.4, 0.5) is 15.3 Å². The van der Waals surface area contributed by atoms with Crippen LogP contribution in [0.25, 0.3) is 28.3 Å². The van der Waals surface area contributed by atoms with Gasteiger partial charge in [-0.05, 0) is 112 Å². The molecule has 9 rings (SSSR count). The van der Waals surface area contributed by atoms with Gasteiger partial charge in [-0.25, -0.2) is 24.1 Å². The highest BCUT2D eigenvalue weighted by Crippen LogP contribution is 2.61. The second-order valence-electron chi connectivity index (χ2n) is 19.0. The number of carbonyl (C=O) groups excluding carboxylic acids is 6. The number of primary amides is 1. The minimum Gasteiger partial charge on any atom is -0.445 e. The summed E-state index contributed by atoms with van der Waals surface area (Å²) in [6.07, 6.45) is 9.74. The number of anilines is 1. The van der Waals surface area contributed by atoms with Crippen LogP contribution in [0.3, 0.4) is 0 Å². The van der Waals surface area contributed by atoms with Crippen molar-refractivity contribution in [2.45, 2.75) is 116 Å². The number of aryl methyl sites for hydroxylation is 1. The van der Waals surface area contributed by atoms with E-state index in [2.05, 4.69) is 36.3 Å². The maximum Gasteiger partial charge on any atom is 0.410 e. The van der Waals surface area contributed by atoms with Crippen LogP contribution in [-0.4, -0.2) is 117 Å². The Morgan fingerprint density at radius 3 is 2.45 bits per heavy atom. The zero-order valence-corrected chi connectivity index (χ0v) is 40.1. The fraction of sp³-hybridized carbons (Fsp3) is 0.440. The topological polar surface area (TPSA) is 284 Å². The van der Waals surface area contributed by atoms with Crippen LogP contribution in [0.1, 0.15) is 88.7 Å². The molecule has 2 bridgehead atoms. The van der Waals surface area contributed by atoms with Crippen LogP contribution in [0, 0.1) is 18.8 Å². The number of nitrogens with two attached hydrogens (primary N) is 1. The number of aliphatic hydroxyl groups excluding tert-OH is 1. The van der Waals surface area contributed by atoms with E-state index in [0.29, 0.717) is 72.3 Å². The van der Waals surface area contributed by atoms with Crippen LogP contribution in [0.2, 0.25) is 0 Å². The second kappa shape index (κ2) is 22.0. The van der Waals surface area contributed by atoms with Crippen molar-refractivity contribution in [3.05, 3.63) is 96.4 Å². The van der Waals surface area contributed by atoms with Crippen molar-refractivity contribution in [3.8, 4) is 22.6 Å². The quantitative estimate of drug-likeness (QED) is 0.0447. The molecule has 3 fully saturated rings. The van der Waals surface area contributed by atoms with Gasteiger partial charge in [0, 0.05) is 54.3 Å². The van der Waals surface area contributed by atoms with Crippen molar-refractivity contribution < 1.29 is 38.6 Å². The average Bonchev–Trinajstić information content (AvgIpc) is 4.05. The van der Waals surface area contributed by atoms with Crippen LogP contribution in [0.5, 0.6) is 0 Å². The molecule has 21 nitrogen and oxygen atoms in total. The summed E-state index contributed by atoms with van der Waals surface area (Å²) in [5.74, 6) is -0.800. The highest BCUT2D eigenvalue weighted by Gasteiger charge is 2.61. The number of aliphatic hydroxyl groups is 1. The predicted molar refractivity (Wildman–Crippen MR) is 260 cm³/mol. The Morgan fingerprint density at radius 1 is 0.972 bits per heavy atom. The third-order valence-corrected chi connectivity index (χ3v) is 13.3. The number of aromatic nitrogens is 6. The number of rotatable bonds is 23. The first-order valence-corrected chi connectivity index (χ1v) is 24.1. The molecule has 4 aromatic heterocycles. The minimum atomic E-state index is -1.04. The van der Waals surface area contributed by atoms with Crippen molar-refractivity contribution in [3.63, 3.8) is 0 Å². The van der Waals surface area contributed by atoms with Gasteiger partial charge < -0.3 is 46.7 Å². The Hall–Kier alpha value is -7.68. The van der Waals surface area contributed by atoms with Crippen molar-refractivity contribution in [1.82, 2.24) is 55.3 Å². The number of unbranched alkanes of at least 4 members (excludes halogenated alkanes) is 2. The van der Waals surface area contributed by atoms with Gasteiger partial charge in [0.1, 0.15) is 42.8 Å². The molecule has 7 amide bonds. The summed E-state index contributed by atoms with van der Waals surface area (Å²) >= 11 is 0. The van der Waals surface area contributed by atoms with Gasteiger partial charge in [0.25, 0.3) is 0 Å². The first kappa shape index (κ1) is 49.7. The fourth-order valence-corrected chi connectivity index (χ4v) is 9.32. The highest BCUT2D eigenvalue weighted by molar-refractivity contribution is 5.98. The molecule has 1 aliphatic heterocycles. The van der Waals surface area contributed by atoms with Crippen molar-refractivity contribution in [2.75, 3.05) is 18.4 Å². The number of H-pyrrole nitrogens is 1. The summed E-state index contributed by atoms with van der Waals surface area (Å²) in [4.78, 5) is 98.3. The molecule has 3 aliphatic carbocycles. The number of nitrogens with zero attached hydrogens (tertiary/aromatic N) is 7. The number of benzene rings is 1. The Labute approximate surface area is 410 Å². The molecule has 8 N–H and O–H groups in total. The number of ether oxygens (including phenoxy) is 1. The summed E-state index contributed by atoms with van der Waals surface area (Å²) in [5.41, 5.74) is 10.5. The van der Waals surface area contributed by atoms with Gasteiger partial charge >= 0.3 is 12.1 Å². The first-order valence-electron chi connectivity index (χ1n) is 24.1. The number of urea groups is 1. The molecule has 5 heterocycles. The molecule has 4 aliphatic rings. The molecule has 0 saturated heterocycles. The van der Waals surface area contributed by atoms with E-state index in [1.807, 2.05) is 43.5 Å². The minimum absolute atomic E-state index is 0.0296. The summed E-state index contributed by atoms with van der Waals surface area (Å²) in [6.45, 7) is 6.19. The molecule has 5 aromatic rings. The van der Waals surface area contributed by atoms with Gasteiger partial charge in [0.05, 0.1) is 17.9 Å². The number of aromatic amines is 1. The van der Waals surface area contributed by atoms with Crippen molar-refractivity contribution in [2.24, 2.45) is 17.6 Å². The Kier molecular flexibility index (Phi) is 15.4. The monoisotopic (exact) mass is 971 g/mol. The maximum atomic E-state index is 14.0. The maximum absolute atomic E-state index is 14.0. The molecule has 3 atom stereocenters. The molecule has 0 radical (unpaired) electrons. The van der Waals surface area contributed by atoms with Crippen LogP contribution in [-0.2, 0) is 37.1 Å². The van der Waals surface area contributed by atoms with Gasteiger partial charge in [-0.1, -0.05) is 38.5 Å². The lowest BCUT2D eigenvalue weighted by Crippen LogP contribution is -2.69. The average molecular weight is 972 g/mol. The Balaban J connectivity index is 0.875. The Morgan fingerprint density at radius 2 is 1.76 bits per heavy atom. The van der Waals surface area contributed by atoms with Crippen LogP contribution >= 0.6 is 0 Å². The standard InChI is InChI=1S/C50H61N13O8/c1-30(2)43(60-40(64)12-5-4-6-22-61-41(65)19-20-42(61)66)47(68)57-37(11-8-21-52-48(51)69)46(67)56-35-16-13-32(14-17-35)28-71-49(70)62(50-23-33(24-50)25-50)27-38-58-44(34-15-18-39-53-29-54-63(39)26-34)45(59-38)36-10-7-9-31(3)55-36/h7,9-10,13-20,26,29-30,33,37,41,43,65H,4-6,8,11-12,21-25,27-28H2,1-3H3,(H,56,67)(H,57,68)(H,58,59)(H,60,64)(H3,51,52,69)/t33?,37?,41?,43-,50?/m0/s1. The van der Waals surface area contributed by atoms with Gasteiger partial charge in [-0.15, -0.1) is 0 Å². The number of carbonyl (C=O) groups is 6. The normalized spacial score (nSPS) is 18.6. The summed E-state index contributed by atoms with van der Waals surface area (Å²) in [6, 6.07) is 13.7. The number of pyridine rings is 2. The zero-order chi connectivity index (χ0) is 50.2. The van der Waals surface area contributed by atoms with E-state index < -0.39 is 42.3 Å². The molecule has 0 spiro atoms. The summed E-state index contributed by atoms with van der Waals surface area (Å²) in [5, 5.41) is 25.1. The third kappa shape index (κ3) is 12.0. The number of nitrogens with one attached hydrogen (secondary N) is 5. The molecular formula is C50H61N13O8. The number of amides is 7. The first-order chi connectivity index (χ1) is 34.1. The largest absolute Gasteiger partial charge is 0.445 e. The molecule has 1 aromatic carbocycles. The van der Waals surface area contributed by atoms with E-state index in [-0.39, 0.29) is 55.8 Å². The van der Waals surface area contributed by atoms with Gasteiger partial charge in [0.15, 0.2) is 5.65 Å². The zero-order valence-electron chi connectivity index (χ0n) is 40.1. The highest BCUT2D eigenvalue weighted by atomic mass is 16.6. The summed E-state index contributed by atoms with van der Waals surface area (Å²) in [7, 11) is 0. The van der Waals surface area contributed by atoms with Crippen molar-refractivity contribution in [1.29, 1.82) is 0 Å². The van der Waals surface area contributed by atoms with E-state index in [9.17, 15) is 33.9 Å². The van der Waals surface area contributed by atoms with Crippen LogP contribution in [0.15, 0.2) is 79.3 Å². The third-order valence-electron chi connectivity index (χ3n) is 13.3. The molecule has 21 heteroatoms. The smallest absolute Gasteiger partial charge is 0.410 e. The number of hydrogen-bond donors (Lipinski definition) is 7. The molecular weight excluding hydrogens is 911 g/mol. The van der Waals surface area contributed by atoms with E-state index in [0.717, 1.165) is 36.2 Å². The number of imidazole rings is 1. The molecule has 374 valence electrons. The van der Waals surface area contributed by atoms with E-state index >= 15 is 0 Å². The predicted octanol–water partition coefficient (Wildman–Crippen LogP) is 4.47. The van der Waals surface area contributed by atoms with E-state index in [4.69, 9.17) is 20.4 Å². The van der Waals surface area contributed by atoms with Gasteiger partial charge in [0.2, 0.25) is 23.6 Å². The number of hydrogen-bond acceptors (Lipinski definition) is 12. The molecule has 71 heavy (non-hydrogen) atoms. The second-order valence-corrected chi connectivity index (χ2v) is 19.0. The van der Waals surface area contributed by atoms with Gasteiger partial charge in [-0.3, -0.25) is 29.1 Å². The Bertz CT molecular complexity index is 2770. The molecule has 3 saturated carbocycles. The number of fused-ring (bicyclic) bond motifs is 1. The van der Waals surface area contributed by atoms with Gasteiger partial charge in [-0.2, -0.15) is 5.10 Å². The lowest BCUT2D eigenvalue weighted by atomic mass is 9.49. The van der Waals surface area contributed by atoms with E-state index in [1.54, 1.807) is 47.5 Å². The summed E-state index contributed by atoms with van der Waals surface area (Å²) < 4.78 is 7.65. The SMILES string of the molecule is Cc1cccc(-c2nc(CN(C(=O)OCc3ccc(NC(=O)C(CCCNC(N)=O)NC(=O)[C@@H](NC(=O)CCCCCN4C(=O)C=CC4O)C(C)C)cc3)C34CC(C3)C4)[nH]c2-c2ccc3ncnn3c2)n1. The lowest BCUT2D eigenvalue weighted by molar-refractivity contribution is -0.136. The lowest BCUT2D eigenvalue weighted by Gasteiger charge is -2.65. The van der Waals surface area contributed by atoms with Crippen LogP contribution < -0.4 is 27.0 Å².